The van der Waals surface area contributed by atoms with Gasteiger partial charge in [0.2, 0.25) is 5.95 Å². The smallest absolute Gasteiger partial charge is 0.224 e. The van der Waals surface area contributed by atoms with Gasteiger partial charge in [0.1, 0.15) is 5.15 Å². The second-order valence-corrected chi connectivity index (χ2v) is 4.60. The quantitative estimate of drug-likeness (QED) is 0.679. The summed E-state index contributed by atoms with van der Waals surface area (Å²) >= 11 is 7.53. The highest BCUT2D eigenvalue weighted by molar-refractivity contribution is 7.98. The van der Waals surface area contributed by atoms with Crippen LogP contribution in [0, 0.1) is 0 Å². The van der Waals surface area contributed by atoms with E-state index in [-0.39, 0.29) is 0 Å². The maximum atomic E-state index is 6.00. The molecule has 3 nitrogen and oxygen atoms in total. The summed E-state index contributed by atoms with van der Waals surface area (Å²) in [6, 6.07) is 10.1. The predicted molar refractivity (Wildman–Crippen MR) is 72.6 cm³/mol. The van der Waals surface area contributed by atoms with Gasteiger partial charge in [-0.15, -0.1) is 11.8 Å². The molecule has 0 spiro atoms. The van der Waals surface area contributed by atoms with Crippen LogP contribution in [-0.2, 0) is 6.54 Å². The van der Waals surface area contributed by atoms with Crippen LogP contribution in [0.3, 0.4) is 0 Å². The highest BCUT2D eigenvalue weighted by Crippen LogP contribution is 2.22. The Bertz CT molecular complexity index is 490. The normalized spacial score (nSPS) is 10.2. The first-order valence-corrected chi connectivity index (χ1v) is 6.74. The molecule has 0 saturated carbocycles. The zero-order chi connectivity index (χ0) is 12.1. The molecule has 1 aromatic carbocycles. The molecule has 17 heavy (non-hydrogen) atoms. The van der Waals surface area contributed by atoms with Crippen LogP contribution in [0.4, 0.5) is 5.95 Å². The van der Waals surface area contributed by atoms with Gasteiger partial charge in [-0.1, -0.05) is 41.9 Å². The first-order chi connectivity index (χ1) is 8.29. The first kappa shape index (κ1) is 12.2. The van der Waals surface area contributed by atoms with Crippen molar-refractivity contribution in [1.82, 2.24) is 9.97 Å². The molecular formula is C12H12ClN3S. The Hall–Kier alpha value is -1.26. The topological polar surface area (TPSA) is 37.8 Å². The molecule has 0 fully saturated rings. The Morgan fingerprint density at radius 2 is 2.06 bits per heavy atom. The Labute approximate surface area is 110 Å². The van der Waals surface area contributed by atoms with Crippen molar-refractivity contribution in [1.29, 1.82) is 0 Å². The largest absolute Gasteiger partial charge is 0.350 e. The maximum absolute atomic E-state index is 6.00. The lowest BCUT2D eigenvalue weighted by Gasteiger charge is -2.06. The third-order valence-electron chi connectivity index (χ3n) is 2.22. The van der Waals surface area contributed by atoms with E-state index in [9.17, 15) is 0 Å². The van der Waals surface area contributed by atoms with Gasteiger partial charge in [0.05, 0.1) is 4.90 Å². The minimum atomic E-state index is 0.489. The highest BCUT2D eigenvalue weighted by atomic mass is 35.5. The van der Waals surface area contributed by atoms with Crippen molar-refractivity contribution < 1.29 is 0 Å². The lowest BCUT2D eigenvalue weighted by atomic mass is 10.2. The summed E-state index contributed by atoms with van der Waals surface area (Å²) in [6.45, 7) is 0.690. The van der Waals surface area contributed by atoms with Crippen LogP contribution in [0.25, 0.3) is 0 Å². The van der Waals surface area contributed by atoms with Gasteiger partial charge in [0.15, 0.2) is 0 Å². The van der Waals surface area contributed by atoms with E-state index >= 15 is 0 Å². The summed E-state index contributed by atoms with van der Waals surface area (Å²) in [5.74, 6) is 0.552. The molecule has 88 valence electrons. The second-order valence-electron chi connectivity index (χ2n) is 3.39. The van der Waals surface area contributed by atoms with Crippen molar-refractivity contribution in [2.24, 2.45) is 0 Å². The zero-order valence-electron chi connectivity index (χ0n) is 9.35. The summed E-state index contributed by atoms with van der Waals surface area (Å²) in [5.41, 5.74) is 1.18. The summed E-state index contributed by atoms with van der Waals surface area (Å²) < 4.78 is 0. The summed E-state index contributed by atoms with van der Waals surface area (Å²) in [4.78, 5) is 9.27. The van der Waals surface area contributed by atoms with E-state index in [1.165, 1.54) is 17.3 Å². The fourth-order valence-corrected chi connectivity index (χ4v) is 2.08. The summed E-state index contributed by atoms with van der Waals surface area (Å²) in [5, 5.41) is 3.63. The number of nitrogens with zero attached hydrogens (tertiary/aromatic N) is 2. The molecular weight excluding hydrogens is 254 g/mol. The average Bonchev–Trinajstić information content (AvgIpc) is 2.38. The van der Waals surface area contributed by atoms with Gasteiger partial charge in [0.25, 0.3) is 0 Å². The third kappa shape index (κ3) is 3.35. The highest BCUT2D eigenvalue weighted by Gasteiger charge is 2.03. The van der Waals surface area contributed by atoms with Crippen molar-refractivity contribution in [2.45, 2.75) is 11.4 Å². The van der Waals surface area contributed by atoms with Crippen LogP contribution in [0.1, 0.15) is 5.56 Å². The standard InChI is InChI=1S/C12H12ClN3S/c1-17-10-8-15-12(16-11(10)13)14-7-9-5-3-2-4-6-9/h2-6,8H,7H2,1H3,(H,14,15,16). The van der Waals surface area contributed by atoms with Gasteiger partial charge in [-0.3, -0.25) is 0 Å². The Balaban J connectivity index is 2.02. The lowest BCUT2D eigenvalue weighted by molar-refractivity contribution is 1.03. The molecule has 0 aliphatic heterocycles. The molecule has 0 radical (unpaired) electrons. The van der Waals surface area contributed by atoms with Crippen LogP contribution < -0.4 is 5.32 Å². The zero-order valence-corrected chi connectivity index (χ0v) is 10.9. The average molecular weight is 266 g/mol. The Kier molecular flexibility index (Phi) is 4.23. The number of hydrogen-bond acceptors (Lipinski definition) is 4. The van der Waals surface area contributed by atoms with Crippen molar-refractivity contribution in [2.75, 3.05) is 11.6 Å². The molecule has 0 unspecified atom stereocenters. The number of rotatable bonds is 4. The molecule has 0 atom stereocenters. The van der Waals surface area contributed by atoms with Crippen LogP contribution in [-0.4, -0.2) is 16.2 Å². The molecule has 1 heterocycles. The van der Waals surface area contributed by atoms with Crippen LogP contribution in [0.5, 0.6) is 0 Å². The molecule has 1 N–H and O–H groups in total. The molecule has 0 saturated heterocycles. The molecule has 0 aliphatic rings. The van der Waals surface area contributed by atoms with Crippen LogP contribution >= 0.6 is 23.4 Å². The van der Waals surface area contributed by atoms with E-state index < -0.39 is 0 Å². The molecule has 0 aliphatic carbocycles. The summed E-state index contributed by atoms with van der Waals surface area (Å²) in [7, 11) is 0. The third-order valence-corrected chi connectivity index (χ3v) is 3.36. The number of nitrogens with one attached hydrogen (secondary N) is 1. The van der Waals surface area contributed by atoms with Gasteiger partial charge >= 0.3 is 0 Å². The minimum absolute atomic E-state index is 0.489. The molecule has 2 rings (SSSR count). The number of benzene rings is 1. The van der Waals surface area contributed by atoms with E-state index in [4.69, 9.17) is 11.6 Å². The van der Waals surface area contributed by atoms with Gasteiger partial charge in [-0.2, -0.15) is 4.98 Å². The molecule has 0 bridgehead atoms. The van der Waals surface area contributed by atoms with E-state index in [2.05, 4.69) is 15.3 Å². The number of aromatic nitrogens is 2. The molecule has 0 amide bonds. The molecule has 5 heteroatoms. The van der Waals surface area contributed by atoms with E-state index in [0.717, 1.165) is 4.90 Å². The predicted octanol–water partition coefficient (Wildman–Crippen LogP) is 3.46. The SMILES string of the molecule is CSc1cnc(NCc2ccccc2)nc1Cl. The van der Waals surface area contributed by atoms with Crippen LogP contribution in [0.2, 0.25) is 5.15 Å². The van der Waals surface area contributed by atoms with Crippen molar-refractivity contribution in [3.8, 4) is 0 Å². The molecule has 2 aromatic rings. The summed E-state index contributed by atoms with van der Waals surface area (Å²) in [6.07, 6.45) is 3.68. The van der Waals surface area contributed by atoms with Gasteiger partial charge in [-0.05, 0) is 11.8 Å². The van der Waals surface area contributed by atoms with E-state index in [1.54, 1.807) is 6.20 Å². The number of halogens is 1. The van der Waals surface area contributed by atoms with Gasteiger partial charge < -0.3 is 5.32 Å². The maximum Gasteiger partial charge on any atom is 0.224 e. The second kappa shape index (κ2) is 5.89. The Morgan fingerprint density at radius 3 is 2.71 bits per heavy atom. The number of hydrogen-bond donors (Lipinski definition) is 1. The van der Waals surface area contributed by atoms with Crippen LogP contribution in [0.15, 0.2) is 41.4 Å². The van der Waals surface area contributed by atoms with Crippen molar-refractivity contribution >= 4 is 29.3 Å². The van der Waals surface area contributed by atoms with Gasteiger partial charge in [0, 0.05) is 12.7 Å². The minimum Gasteiger partial charge on any atom is -0.350 e. The number of anilines is 1. The Morgan fingerprint density at radius 1 is 1.29 bits per heavy atom. The number of thioether (sulfide) groups is 1. The monoisotopic (exact) mass is 265 g/mol. The van der Waals surface area contributed by atoms with Crippen molar-refractivity contribution in [3.63, 3.8) is 0 Å². The first-order valence-electron chi connectivity index (χ1n) is 5.14. The fraction of sp³-hybridized carbons (Fsp3) is 0.167. The van der Waals surface area contributed by atoms with E-state index in [0.29, 0.717) is 17.6 Å². The fourth-order valence-electron chi connectivity index (χ4n) is 1.35. The van der Waals surface area contributed by atoms with Crippen molar-refractivity contribution in [3.05, 3.63) is 47.2 Å². The van der Waals surface area contributed by atoms with Gasteiger partial charge in [-0.25, -0.2) is 4.98 Å². The molecule has 1 aromatic heterocycles. The lowest BCUT2D eigenvalue weighted by Crippen LogP contribution is -2.03. The van der Waals surface area contributed by atoms with E-state index in [1.807, 2.05) is 36.6 Å².